The summed E-state index contributed by atoms with van der Waals surface area (Å²) in [5, 5.41) is 6.35. The van der Waals surface area contributed by atoms with Gasteiger partial charge in [0.05, 0.1) is 11.9 Å². The summed E-state index contributed by atoms with van der Waals surface area (Å²) in [6.07, 6.45) is 2.46. The molecule has 4 nitrogen and oxygen atoms in total. The van der Waals surface area contributed by atoms with Gasteiger partial charge in [-0.15, -0.1) is 11.3 Å². The molecular formula is C14H22N4S. The Labute approximate surface area is 118 Å². The van der Waals surface area contributed by atoms with E-state index in [0.717, 1.165) is 41.5 Å². The van der Waals surface area contributed by atoms with Crippen LogP contribution in [0.2, 0.25) is 0 Å². The number of hydrogen-bond acceptors (Lipinski definition) is 5. The van der Waals surface area contributed by atoms with Gasteiger partial charge < -0.3 is 5.32 Å². The summed E-state index contributed by atoms with van der Waals surface area (Å²) in [6, 6.07) is 2.07. The van der Waals surface area contributed by atoms with Gasteiger partial charge in [0, 0.05) is 7.05 Å². The molecule has 2 rings (SSSR count). The Kier molecular flexibility index (Phi) is 5.10. The average Bonchev–Trinajstić information content (AvgIpc) is 2.90. The molecule has 0 aliphatic carbocycles. The van der Waals surface area contributed by atoms with E-state index in [4.69, 9.17) is 0 Å². The van der Waals surface area contributed by atoms with Crippen LogP contribution in [0.4, 0.5) is 5.82 Å². The number of hydrogen-bond donors (Lipinski definition) is 1. The molecule has 0 aliphatic heterocycles. The Balaban J connectivity index is 2.19. The third-order valence-electron chi connectivity index (χ3n) is 3.25. The summed E-state index contributed by atoms with van der Waals surface area (Å²) in [5.41, 5.74) is 0. The number of nitrogens with zero attached hydrogens (tertiary/aromatic N) is 3. The summed E-state index contributed by atoms with van der Waals surface area (Å²) in [7, 11) is 1.91. The van der Waals surface area contributed by atoms with Gasteiger partial charge in [-0.05, 0) is 31.0 Å². The summed E-state index contributed by atoms with van der Waals surface area (Å²) < 4.78 is 0. The predicted molar refractivity (Wildman–Crippen MR) is 82.8 cm³/mol. The average molecular weight is 278 g/mol. The van der Waals surface area contributed by atoms with Crippen molar-refractivity contribution >= 4 is 27.4 Å². The molecule has 0 radical (unpaired) electrons. The maximum Gasteiger partial charge on any atom is 0.146 e. The lowest BCUT2D eigenvalue weighted by atomic mass is 10.3. The summed E-state index contributed by atoms with van der Waals surface area (Å²) in [6.45, 7) is 7.41. The van der Waals surface area contributed by atoms with Gasteiger partial charge in [-0.1, -0.05) is 20.3 Å². The Morgan fingerprint density at radius 1 is 1.32 bits per heavy atom. The van der Waals surface area contributed by atoms with Crippen molar-refractivity contribution < 1.29 is 0 Å². The number of anilines is 1. The summed E-state index contributed by atoms with van der Waals surface area (Å²) in [4.78, 5) is 12.8. The second-order valence-electron chi connectivity index (χ2n) is 4.60. The minimum Gasteiger partial charge on any atom is -0.372 e. The summed E-state index contributed by atoms with van der Waals surface area (Å²) in [5.74, 6) is 1.85. The number of aromatic nitrogens is 2. The molecule has 0 fully saturated rings. The van der Waals surface area contributed by atoms with Crippen LogP contribution in [-0.4, -0.2) is 35.0 Å². The number of unbranched alkanes of at least 4 members (excludes halogenated alkanes) is 1. The van der Waals surface area contributed by atoms with E-state index in [2.05, 4.69) is 45.5 Å². The smallest absolute Gasteiger partial charge is 0.146 e. The second kappa shape index (κ2) is 6.82. The van der Waals surface area contributed by atoms with Crippen LogP contribution in [0.25, 0.3) is 10.2 Å². The molecule has 0 bridgehead atoms. The molecule has 104 valence electrons. The van der Waals surface area contributed by atoms with Gasteiger partial charge in [0.25, 0.3) is 0 Å². The van der Waals surface area contributed by atoms with E-state index < -0.39 is 0 Å². The van der Waals surface area contributed by atoms with E-state index in [0.29, 0.717) is 0 Å². The normalized spacial score (nSPS) is 11.4. The number of rotatable bonds is 7. The lowest BCUT2D eigenvalue weighted by Gasteiger charge is -2.19. The molecule has 19 heavy (non-hydrogen) atoms. The van der Waals surface area contributed by atoms with E-state index in [-0.39, 0.29) is 0 Å². The molecular weight excluding hydrogens is 256 g/mol. The van der Waals surface area contributed by atoms with Gasteiger partial charge in [0.2, 0.25) is 0 Å². The monoisotopic (exact) mass is 278 g/mol. The molecule has 0 amide bonds. The topological polar surface area (TPSA) is 41.1 Å². The zero-order valence-electron chi connectivity index (χ0n) is 11.9. The molecule has 2 heterocycles. The van der Waals surface area contributed by atoms with E-state index in [1.807, 2.05) is 7.05 Å². The third kappa shape index (κ3) is 3.42. The van der Waals surface area contributed by atoms with E-state index in [1.54, 1.807) is 11.3 Å². The number of nitrogens with one attached hydrogen (secondary N) is 1. The molecule has 2 aromatic rings. The molecule has 0 saturated carbocycles. The minimum atomic E-state index is 0.832. The van der Waals surface area contributed by atoms with Gasteiger partial charge >= 0.3 is 0 Å². The Bertz CT molecular complexity index is 523. The molecule has 2 aromatic heterocycles. The molecule has 0 spiro atoms. The highest BCUT2D eigenvalue weighted by Gasteiger charge is 2.10. The van der Waals surface area contributed by atoms with Gasteiger partial charge in [-0.25, -0.2) is 9.97 Å². The maximum atomic E-state index is 4.67. The van der Waals surface area contributed by atoms with E-state index in [1.165, 1.54) is 12.8 Å². The highest BCUT2D eigenvalue weighted by Crippen LogP contribution is 2.24. The van der Waals surface area contributed by atoms with Crippen LogP contribution in [0.1, 0.15) is 32.5 Å². The van der Waals surface area contributed by atoms with Crippen molar-refractivity contribution in [1.29, 1.82) is 0 Å². The Hall–Kier alpha value is -1.20. The van der Waals surface area contributed by atoms with Crippen LogP contribution < -0.4 is 5.32 Å². The van der Waals surface area contributed by atoms with Crippen molar-refractivity contribution in [3.05, 3.63) is 17.3 Å². The predicted octanol–water partition coefficient (Wildman–Crippen LogP) is 3.36. The van der Waals surface area contributed by atoms with Crippen LogP contribution in [0.15, 0.2) is 11.4 Å². The van der Waals surface area contributed by atoms with Crippen molar-refractivity contribution in [3.8, 4) is 0 Å². The fourth-order valence-electron chi connectivity index (χ4n) is 2.09. The van der Waals surface area contributed by atoms with Gasteiger partial charge in [-0.3, -0.25) is 4.90 Å². The van der Waals surface area contributed by atoms with Crippen molar-refractivity contribution in [1.82, 2.24) is 14.9 Å². The standard InChI is InChI=1S/C14H22N4S/c1-4-6-8-18(5-2)10-12-16-13(15-3)11-7-9-19-14(11)17-12/h7,9H,4-6,8,10H2,1-3H3,(H,15,16,17). The Morgan fingerprint density at radius 2 is 2.16 bits per heavy atom. The number of thiophene rings is 1. The van der Waals surface area contributed by atoms with Gasteiger partial charge in [0.15, 0.2) is 0 Å². The quantitative estimate of drug-likeness (QED) is 0.843. The minimum absolute atomic E-state index is 0.832. The van der Waals surface area contributed by atoms with Crippen molar-refractivity contribution in [2.45, 2.75) is 33.2 Å². The second-order valence-corrected chi connectivity index (χ2v) is 5.49. The van der Waals surface area contributed by atoms with Crippen molar-refractivity contribution in [2.75, 3.05) is 25.5 Å². The largest absolute Gasteiger partial charge is 0.372 e. The van der Waals surface area contributed by atoms with Crippen LogP contribution >= 0.6 is 11.3 Å². The SMILES string of the molecule is CCCCN(CC)Cc1nc(NC)c2ccsc2n1. The van der Waals surface area contributed by atoms with E-state index in [9.17, 15) is 0 Å². The first kappa shape index (κ1) is 14.2. The first-order chi connectivity index (χ1) is 9.28. The lowest BCUT2D eigenvalue weighted by molar-refractivity contribution is 0.269. The molecule has 5 heteroatoms. The maximum absolute atomic E-state index is 4.67. The fraction of sp³-hybridized carbons (Fsp3) is 0.571. The zero-order valence-corrected chi connectivity index (χ0v) is 12.8. The molecule has 0 saturated heterocycles. The van der Waals surface area contributed by atoms with Crippen LogP contribution in [-0.2, 0) is 6.54 Å². The Morgan fingerprint density at radius 3 is 2.84 bits per heavy atom. The van der Waals surface area contributed by atoms with Crippen molar-refractivity contribution in [3.63, 3.8) is 0 Å². The van der Waals surface area contributed by atoms with Crippen LogP contribution in [0, 0.1) is 0 Å². The molecule has 0 unspecified atom stereocenters. The number of fused-ring (bicyclic) bond motifs is 1. The first-order valence-electron chi connectivity index (χ1n) is 6.92. The molecule has 0 aliphatic rings. The fourth-order valence-corrected chi connectivity index (χ4v) is 2.87. The lowest BCUT2D eigenvalue weighted by Crippen LogP contribution is -2.25. The molecule has 0 atom stereocenters. The third-order valence-corrected chi connectivity index (χ3v) is 4.05. The van der Waals surface area contributed by atoms with Crippen LogP contribution in [0.5, 0.6) is 0 Å². The highest BCUT2D eigenvalue weighted by atomic mass is 32.1. The van der Waals surface area contributed by atoms with E-state index >= 15 is 0 Å². The molecule has 0 aromatic carbocycles. The zero-order chi connectivity index (χ0) is 13.7. The van der Waals surface area contributed by atoms with Gasteiger partial charge in [-0.2, -0.15) is 0 Å². The highest BCUT2D eigenvalue weighted by molar-refractivity contribution is 7.16. The van der Waals surface area contributed by atoms with Gasteiger partial charge in [0.1, 0.15) is 16.5 Å². The molecule has 1 N–H and O–H groups in total. The first-order valence-corrected chi connectivity index (χ1v) is 7.80. The summed E-state index contributed by atoms with van der Waals surface area (Å²) >= 11 is 1.67. The van der Waals surface area contributed by atoms with Crippen LogP contribution in [0.3, 0.4) is 0 Å². The van der Waals surface area contributed by atoms with Crippen molar-refractivity contribution in [2.24, 2.45) is 0 Å².